The highest BCUT2D eigenvalue weighted by molar-refractivity contribution is 5.90. The lowest BCUT2D eigenvalue weighted by atomic mass is 10.0. The van der Waals surface area contributed by atoms with Gasteiger partial charge in [-0.3, -0.25) is 0 Å². The maximum Gasteiger partial charge on any atom is 0.410 e. The molecule has 0 spiro atoms. The summed E-state index contributed by atoms with van der Waals surface area (Å²) in [6.07, 6.45) is -1.60. The quantitative estimate of drug-likeness (QED) is 0.431. The van der Waals surface area contributed by atoms with Crippen LogP contribution in [0, 0.1) is 12.7 Å². The summed E-state index contributed by atoms with van der Waals surface area (Å²) in [6, 6.07) is 5.17. The molecule has 1 N–H and O–H groups in total. The number of alkyl halides is 2. The van der Waals surface area contributed by atoms with Crippen molar-refractivity contribution < 1.29 is 22.7 Å². The van der Waals surface area contributed by atoms with Crippen molar-refractivity contribution in [3.63, 3.8) is 0 Å². The van der Waals surface area contributed by atoms with Gasteiger partial charge in [0, 0.05) is 36.6 Å². The Morgan fingerprint density at radius 2 is 1.89 bits per heavy atom. The van der Waals surface area contributed by atoms with Crippen molar-refractivity contribution >= 4 is 28.6 Å². The summed E-state index contributed by atoms with van der Waals surface area (Å²) in [7, 11) is 0. The third-order valence-electron chi connectivity index (χ3n) is 6.37. The van der Waals surface area contributed by atoms with Crippen LogP contribution in [0.2, 0.25) is 0 Å². The predicted molar refractivity (Wildman–Crippen MR) is 140 cm³/mol. The summed E-state index contributed by atoms with van der Waals surface area (Å²) in [4.78, 5) is 29.9. The van der Waals surface area contributed by atoms with E-state index in [9.17, 15) is 18.0 Å². The number of aromatic nitrogens is 3. The number of ether oxygens (including phenoxy) is 1. The van der Waals surface area contributed by atoms with E-state index in [0.29, 0.717) is 48.0 Å². The molecule has 0 aliphatic carbocycles. The summed E-state index contributed by atoms with van der Waals surface area (Å²) in [5.41, 5.74) is -0.489. The van der Waals surface area contributed by atoms with E-state index in [-0.39, 0.29) is 17.7 Å². The van der Waals surface area contributed by atoms with Crippen LogP contribution in [-0.2, 0) is 4.74 Å². The first-order valence-corrected chi connectivity index (χ1v) is 12.6. The molecule has 1 aliphatic rings. The van der Waals surface area contributed by atoms with Crippen molar-refractivity contribution in [3.8, 4) is 0 Å². The highest BCUT2D eigenvalue weighted by Crippen LogP contribution is 2.32. The second-order valence-corrected chi connectivity index (χ2v) is 10.6. The average Bonchev–Trinajstić information content (AvgIpc) is 2.82. The number of carbonyl (C=O) groups excluding carboxylic acids is 1. The molecule has 38 heavy (non-hydrogen) atoms. The molecular formula is C27H33F3N6O2. The van der Waals surface area contributed by atoms with Crippen molar-refractivity contribution in [3.05, 3.63) is 53.2 Å². The number of nitrogens with one attached hydrogen (secondary N) is 1. The van der Waals surface area contributed by atoms with Gasteiger partial charge in [0.15, 0.2) is 0 Å². The summed E-state index contributed by atoms with van der Waals surface area (Å²) in [5.74, 6) is 0.688. The second kappa shape index (κ2) is 10.6. The fourth-order valence-corrected chi connectivity index (χ4v) is 4.55. The molecule has 1 aliphatic heterocycles. The standard InChI is InChI=1S/C27H33F3N6O2/c1-15-14-35(26(37)38-27(4,5)6)10-11-36(15)22-12-20-21(13-31-22)33-17(3)34-25(20)32-16(2)18-8-7-9-19(23(18)28)24(29)30/h7-9,12-13,15-16,24H,10-11,14H2,1-6H3,(H,32,33,34)/t15?,16-/m1/s1. The van der Waals surface area contributed by atoms with E-state index in [0.717, 1.165) is 6.07 Å². The lowest BCUT2D eigenvalue weighted by Gasteiger charge is -2.40. The molecule has 1 unspecified atom stereocenters. The summed E-state index contributed by atoms with van der Waals surface area (Å²) >= 11 is 0. The number of rotatable bonds is 5. The zero-order valence-corrected chi connectivity index (χ0v) is 22.4. The lowest BCUT2D eigenvalue weighted by Crippen LogP contribution is -2.54. The first-order chi connectivity index (χ1) is 17.8. The van der Waals surface area contributed by atoms with Crippen LogP contribution in [0.15, 0.2) is 30.5 Å². The summed E-state index contributed by atoms with van der Waals surface area (Å²) < 4.78 is 46.8. The maximum absolute atomic E-state index is 14.8. The number of aryl methyl sites for hydroxylation is 1. The van der Waals surface area contributed by atoms with Gasteiger partial charge in [0.05, 0.1) is 23.3 Å². The molecule has 0 bridgehead atoms. The molecule has 3 aromatic rings. The van der Waals surface area contributed by atoms with Gasteiger partial charge in [-0.15, -0.1) is 0 Å². The van der Waals surface area contributed by atoms with E-state index in [1.165, 1.54) is 12.1 Å². The predicted octanol–water partition coefficient (Wildman–Crippen LogP) is 6.03. The van der Waals surface area contributed by atoms with Crippen molar-refractivity contribution in [2.75, 3.05) is 29.9 Å². The monoisotopic (exact) mass is 530 g/mol. The number of hydrogen-bond acceptors (Lipinski definition) is 7. The fraction of sp³-hybridized carbons (Fsp3) is 0.481. The van der Waals surface area contributed by atoms with Crippen LogP contribution >= 0.6 is 0 Å². The van der Waals surface area contributed by atoms with E-state index >= 15 is 0 Å². The van der Waals surface area contributed by atoms with Gasteiger partial charge in [-0.25, -0.2) is 32.9 Å². The normalized spacial score (nSPS) is 17.2. The topological polar surface area (TPSA) is 83.5 Å². The van der Waals surface area contributed by atoms with E-state index in [1.807, 2.05) is 33.8 Å². The average molecular weight is 531 g/mol. The van der Waals surface area contributed by atoms with Crippen LogP contribution in [0.3, 0.4) is 0 Å². The van der Waals surface area contributed by atoms with Crippen molar-refractivity contribution in [2.24, 2.45) is 0 Å². The summed E-state index contributed by atoms with van der Waals surface area (Å²) in [5, 5.41) is 3.85. The maximum atomic E-state index is 14.8. The minimum absolute atomic E-state index is 0.0332. The number of carbonyl (C=O) groups is 1. The molecule has 0 radical (unpaired) electrons. The van der Waals surface area contributed by atoms with Crippen LogP contribution in [-0.4, -0.2) is 57.2 Å². The van der Waals surface area contributed by atoms with E-state index < -0.39 is 29.4 Å². The number of pyridine rings is 1. The molecule has 8 nitrogen and oxygen atoms in total. The van der Waals surface area contributed by atoms with Gasteiger partial charge in [0.2, 0.25) is 0 Å². The van der Waals surface area contributed by atoms with Crippen molar-refractivity contribution in [2.45, 2.75) is 65.7 Å². The number of hydrogen-bond donors (Lipinski definition) is 1. The molecule has 2 aromatic heterocycles. The molecule has 1 fully saturated rings. The van der Waals surface area contributed by atoms with Crippen LogP contribution in [0.5, 0.6) is 0 Å². The Hall–Kier alpha value is -3.63. The smallest absolute Gasteiger partial charge is 0.410 e. The zero-order valence-electron chi connectivity index (χ0n) is 22.4. The molecule has 4 rings (SSSR count). The number of halogens is 3. The van der Waals surface area contributed by atoms with Crippen LogP contribution in [0.25, 0.3) is 10.9 Å². The zero-order chi connectivity index (χ0) is 27.8. The fourth-order valence-electron chi connectivity index (χ4n) is 4.55. The van der Waals surface area contributed by atoms with Crippen LogP contribution in [0.1, 0.15) is 64.0 Å². The van der Waals surface area contributed by atoms with E-state index in [1.54, 1.807) is 24.9 Å². The Balaban J connectivity index is 1.60. The highest BCUT2D eigenvalue weighted by atomic mass is 19.3. The highest BCUT2D eigenvalue weighted by Gasteiger charge is 2.31. The number of fused-ring (bicyclic) bond motifs is 1. The van der Waals surface area contributed by atoms with Gasteiger partial charge < -0.3 is 19.9 Å². The van der Waals surface area contributed by atoms with Crippen LogP contribution in [0.4, 0.5) is 29.6 Å². The lowest BCUT2D eigenvalue weighted by molar-refractivity contribution is 0.0218. The molecule has 1 aromatic carbocycles. The van der Waals surface area contributed by atoms with Crippen molar-refractivity contribution in [1.82, 2.24) is 19.9 Å². The van der Waals surface area contributed by atoms with Gasteiger partial charge in [-0.1, -0.05) is 18.2 Å². The van der Waals surface area contributed by atoms with E-state index in [2.05, 4.69) is 25.2 Å². The number of anilines is 2. The molecule has 0 saturated carbocycles. The number of piperazine rings is 1. The van der Waals surface area contributed by atoms with E-state index in [4.69, 9.17) is 4.74 Å². The van der Waals surface area contributed by atoms with Crippen molar-refractivity contribution in [1.29, 1.82) is 0 Å². The number of benzene rings is 1. The largest absolute Gasteiger partial charge is 0.444 e. The molecule has 204 valence electrons. The Labute approximate surface area is 220 Å². The number of nitrogens with zero attached hydrogens (tertiary/aromatic N) is 5. The third-order valence-corrected chi connectivity index (χ3v) is 6.37. The molecule has 1 amide bonds. The van der Waals surface area contributed by atoms with Gasteiger partial charge in [-0.2, -0.15) is 0 Å². The minimum atomic E-state index is -2.91. The number of amides is 1. The van der Waals surface area contributed by atoms with Gasteiger partial charge in [0.1, 0.15) is 28.9 Å². The SMILES string of the molecule is Cc1nc(N[C@H](C)c2cccc(C(F)F)c2F)c2cc(N3CCN(C(=O)OC(C)(C)C)CC3C)ncc2n1. The Bertz CT molecular complexity index is 1330. The first-order valence-electron chi connectivity index (χ1n) is 12.6. The van der Waals surface area contributed by atoms with Gasteiger partial charge in [0.25, 0.3) is 6.43 Å². The molecular weight excluding hydrogens is 497 g/mol. The molecule has 3 heterocycles. The first kappa shape index (κ1) is 27.4. The summed E-state index contributed by atoms with van der Waals surface area (Å²) in [6.45, 7) is 12.4. The Morgan fingerprint density at radius 3 is 2.55 bits per heavy atom. The second-order valence-electron chi connectivity index (χ2n) is 10.6. The Kier molecular flexibility index (Phi) is 7.66. The van der Waals surface area contributed by atoms with Crippen LogP contribution < -0.4 is 10.2 Å². The minimum Gasteiger partial charge on any atom is -0.444 e. The Morgan fingerprint density at radius 1 is 1.18 bits per heavy atom. The third kappa shape index (κ3) is 5.92. The molecule has 2 atom stereocenters. The molecule has 1 saturated heterocycles. The molecule has 11 heteroatoms. The van der Waals surface area contributed by atoms with Gasteiger partial charge >= 0.3 is 6.09 Å². The van der Waals surface area contributed by atoms with Gasteiger partial charge in [-0.05, 0) is 47.6 Å².